The second-order valence-electron chi connectivity index (χ2n) is 13.6. The van der Waals surface area contributed by atoms with E-state index < -0.39 is 23.3 Å². The van der Waals surface area contributed by atoms with Crippen molar-refractivity contribution in [2.75, 3.05) is 45.7 Å². The number of nitrogens with zero attached hydrogens (tertiary/aromatic N) is 6. The molecule has 2 saturated heterocycles. The van der Waals surface area contributed by atoms with E-state index in [1.807, 2.05) is 20.8 Å². The van der Waals surface area contributed by atoms with Crippen LogP contribution in [0.2, 0.25) is 0 Å². The smallest absolute Gasteiger partial charge is 0.411 e. The maximum atomic E-state index is 12.2. The van der Waals surface area contributed by atoms with E-state index in [-0.39, 0.29) is 36.6 Å². The van der Waals surface area contributed by atoms with E-state index in [1.54, 1.807) is 56.3 Å². The number of ether oxygens (including phenoxy) is 3. The highest BCUT2D eigenvalue weighted by atomic mass is 16.6. The Morgan fingerprint density at radius 1 is 0.939 bits per heavy atom. The first-order valence-corrected chi connectivity index (χ1v) is 16.1. The Kier molecular flexibility index (Phi) is 13.2. The Labute approximate surface area is 285 Å². The van der Waals surface area contributed by atoms with E-state index in [1.165, 1.54) is 21.4 Å². The van der Waals surface area contributed by atoms with Crippen LogP contribution in [0.4, 0.5) is 15.4 Å². The van der Waals surface area contributed by atoms with Gasteiger partial charge in [0.1, 0.15) is 23.4 Å². The molecule has 2 fully saturated rings. The Balaban J connectivity index is 0.000000228. The number of esters is 1. The molecule has 0 radical (unpaired) electrons. The number of likely N-dealkylation sites (tertiary alicyclic amines) is 1. The molecular formula is C32H49N9O8. The lowest BCUT2D eigenvalue weighted by molar-refractivity contribution is -0.148. The zero-order valence-electron chi connectivity index (χ0n) is 29.4. The van der Waals surface area contributed by atoms with Gasteiger partial charge in [0.25, 0.3) is 5.56 Å². The van der Waals surface area contributed by atoms with Gasteiger partial charge in [0.15, 0.2) is 5.65 Å². The summed E-state index contributed by atoms with van der Waals surface area (Å²) in [6.45, 7) is 13.3. The summed E-state index contributed by atoms with van der Waals surface area (Å²) in [5.41, 5.74) is 5.28. The molecule has 4 N–H and O–H groups in total. The molecule has 0 spiro atoms. The van der Waals surface area contributed by atoms with E-state index in [4.69, 9.17) is 15.2 Å². The minimum absolute atomic E-state index is 0.0591. The molecule has 3 aromatic rings. The summed E-state index contributed by atoms with van der Waals surface area (Å²) in [6, 6.07) is 5.01. The summed E-state index contributed by atoms with van der Waals surface area (Å²) in [7, 11) is 1.23. The number of piperidine rings is 1. The number of carbonyl (C=O) groups excluding carboxylic acids is 4. The van der Waals surface area contributed by atoms with E-state index >= 15 is 0 Å². The molecule has 3 aromatic heterocycles. The molecular weight excluding hydrogens is 638 g/mol. The molecule has 49 heavy (non-hydrogen) atoms. The number of hydrogen-bond donors (Lipinski definition) is 3. The van der Waals surface area contributed by atoms with Crippen molar-refractivity contribution < 1.29 is 33.4 Å². The summed E-state index contributed by atoms with van der Waals surface area (Å²) < 4.78 is 16.6. The number of H-pyrrole nitrogens is 2. The number of hydrogen-bond acceptors (Lipinski definition) is 11. The molecule has 5 rings (SSSR count). The quantitative estimate of drug-likeness (QED) is 0.207. The highest BCUT2D eigenvalue weighted by Gasteiger charge is 2.30. The van der Waals surface area contributed by atoms with Crippen LogP contribution >= 0.6 is 0 Å². The van der Waals surface area contributed by atoms with Crippen LogP contribution in [0, 0.1) is 0 Å². The van der Waals surface area contributed by atoms with E-state index in [0.29, 0.717) is 44.1 Å². The Morgan fingerprint density at radius 3 is 2.14 bits per heavy atom. The fourth-order valence-corrected chi connectivity index (χ4v) is 4.92. The van der Waals surface area contributed by atoms with Gasteiger partial charge in [-0.05, 0) is 66.9 Å². The lowest BCUT2D eigenvalue weighted by Gasteiger charge is -2.36. The number of rotatable bonds is 3. The average molecular weight is 688 g/mol. The fourth-order valence-electron chi connectivity index (χ4n) is 4.92. The van der Waals surface area contributed by atoms with Crippen molar-refractivity contribution in [1.29, 1.82) is 0 Å². The van der Waals surface area contributed by atoms with E-state index in [9.17, 15) is 24.0 Å². The average Bonchev–Trinajstić information content (AvgIpc) is 3.72. The van der Waals surface area contributed by atoms with Gasteiger partial charge < -0.3 is 29.7 Å². The number of aromatic nitrogens is 5. The topological polar surface area (TPSA) is 211 Å². The molecule has 2 aliphatic heterocycles. The number of amides is 3. The normalized spacial score (nSPS) is 16.5. The molecule has 2 aliphatic rings. The maximum Gasteiger partial charge on any atom is 0.411 e. The second-order valence-corrected chi connectivity index (χ2v) is 13.6. The predicted molar refractivity (Wildman–Crippen MR) is 179 cm³/mol. The Hall–Kier alpha value is -5.09. The van der Waals surface area contributed by atoms with Gasteiger partial charge in [0.05, 0.1) is 25.7 Å². The van der Waals surface area contributed by atoms with Crippen LogP contribution in [-0.2, 0) is 23.8 Å². The van der Waals surface area contributed by atoms with Crippen LogP contribution in [0.5, 0.6) is 0 Å². The number of carbonyl (C=O) groups is 4. The van der Waals surface area contributed by atoms with Crippen molar-refractivity contribution >= 4 is 35.5 Å². The van der Waals surface area contributed by atoms with Crippen molar-refractivity contribution in [1.82, 2.24) is 39.5 Å². The molecule has 270 valence electrons. The van der Waals surface area contributed by atoms with E-state index in [0.717, 1.165) is 18.5 Å². The minimum atomic E-state index is -0.579. The molecule has 17 nitrogen and oxygen atoms in total. The third kappa shape index (κ3) is 12.5. The lowest BCUT2D eigenvalue weighted by atomic mass is 9.95. The van der Waals surface area contributed by atoms with Gasteiger partial charge >= 0.3 is 18.2 Å². The van der Waals surface area contributed by atoms with Crippen molar-refractivity contribution in [3.63, 3.8) is 0 Å². The zero-order chi connectivity index (χ0) is 36.4. The molecule has 0 saturated carbocycles. The van der Waals surface area contributed by atoms with Gasteiger partial charge in [0.2, 0.25) is 5.91 Å². The van der Waals surface area contributed by atoms with Gasteiger partial charge in [-0.25, -0.2) is 19.1 Å². The Bertz CT molecular complexity index is 1600. The number of fused-ring (bicyclic) bond motifs is 1. The Morgan fingerprint density at radius 2 is 1.57 bits per heavy atom. The first kappa shape index (κ1) is 38.4. The summed E-state index contributed by atoms with van der Waals surface area (Å²) in [4.78, 5) is 68.4. The molecule has 1 atom stereocenters. The van der Waals surface area contributed by atoms with Gasteiger partial charge in [0, 0.05) is 50.4 Å². The second kappa shape index (κ2) is 16.8. The summed E-state index contributed by atoms with van der Waals surface area (Å²) in [5, 5.41) is 8.93. The van der Waals surface area contributed by atoms with Crippen molar-refractivity contribution in [3.05, 3.63) is 46.6 Å². The first-order chi connectivity index (χ1) is 23.0. The third-order valence-electron chi connectivity index (χ3n) is 7.14. The number of nitrogens with one attached hydrogen (secondary N) is 2. The van der Waals surface area contributed by atoms with Crippen molar-refractivity contribution in [2.45, 2.75) is 84.3 Å². The number of nitrogens with two attached hydrogens (primary N) is 1. The number of anilines is 1. The molecule has 3 amide bonds. The molecule has 0 aliphatic carbocycles. The summed E-state index contributed by atoms with van der Waals surface area (Å²) >= 11 is 0. The summed E-state index contributed by atoms with van der Waals surface area (Å²) in [5.74, 6) is -0.256. The number of nitrogen functional groups attached to an aromatic ring is 1. The molecule has 1 unspecified atom stereocenters. The third-order valence-corrected chi connectivity index (χ3v) is 7.14. The van der Waals surface area contributed by atoms with Crippen LogP contribution in [0.25, 0.3) is 5.65 Å². The zero-order valence-corrected chi connectivity index (χ0v) is 29.4. The van der Waals surface area contributed by atoms with Crippen molar-refractivity contribution in [2.24, 2.45) is 0 Å². The van der Waals surface area contributed by atoms with Crippen LogP contribution < -0.4 is 11.3 Å². The SMILES string of the molecule is CC(C)(C)OC(=O)N1CCCC(c2cc(=O)n3[nH]ccc3n2)C1.COC(=O)CC(=O)N1CCCN(C(=O)OC(C)(C)C)C1.Nc1ccn[nH]1. The maximum absolute atomic E-state index is 12.2. The van der Waals surface area contributed by atoms with Crippen LogP contribution in [0.3, 0.4) is 0 Å². The molecule has 0 bridgehead atoms. The summed E-state index contributed by atoms with van der Waals surface area (Å²) in [6.07, 6.45) is 4.67. The van der Waals surface area contributed by atoms with Crippen molar-refractivity contribution in [3.8, 4) is 0 Å². The molecule has 0 aromatic carbocycles. The van der Waals surface area contributed by atoms with E-state index in [2.05, 4.69) is 25.0 Å². The van der Waals surface area contributed by atoms with Gasteiger partial charge in [-0.2, -0.15) is 5.10 Å². The standard InChI is InChI=1S/C16H22N4O3.C13H22N2O5.C3H5N3/c1-16(2,3)23-15(22)19-8-4-5-11(10-19)12-9-14(21)20-13(18-12)6-7-17-20;1-13(2,3)20-12(18)15-7-5-6-14(9-15)10(16)8-11(17)19-4;4-3-1-2-5-6-3/h6-7,9,11,17H,4-5,8,10H2,1-3H3;5-9H2,1-4H3;1-2H,(H3,4,5,6). The lowest BCUT2D eigenvalue weighted by Crippen LogP contribution is -2.51. The largest absolute Gasteiger partial charge is 0.469 e. The van der Waals surface area contributed by atoms with Gasteiger partial charge in [-0.3, -0.25) is 29.5 Å². The predicted octanol–water partition coefficient (Wildman–Crippen LogP) is 3.11. The fraction of sp³-hybridized carbons (Fsp3) is 0.594. The highest BCUT2D eigenvalue weighted by Crippen LogP contribution is 2.26. The van der Waals surface area contributed by atoms with Crippen LogP contribution in [0.1, 0.15) is 78.8 Å². The van der Waals surface area contributed by atoms with Gasteiger partial charge in [-0.1, -0.05) is 0 Å². The molecule has 5 heterocycles. The number of methoxy groups -OCH3 is 1. The minimum Gasteiger partial charge on any atom is -0.469 e. The highest BCUT2D eigenvalue weighted by molar-refractivity contribution is 5.94. The van der Waals surface area contributed by atoms with Crippen LogP contribution in [-0.4, -0.2) is 115 Å². The molecule has 17 heteroatoms. The monoisotopic (exact) mass is 687 g/mol. The number of aromatic amines is 2. The van der Waals surface area contributed by atoms with Gasteiger partial charge in [-0.15, -0.1) is 0 Å². The van der Waals surface area contributed by atoms with Crippen LogP contribution in [0.15, 0.2) is 35.4 Å². The first-order valence-electron chi connectivity index (χ1n) is 16.1.